The van der Waals surface area contributed by atoms with Crippen molar-refractivity contribution in [2.24, 2.45) is 5.73 Å². The van der Waals surface area contributed by atoms with Crippen LogP contribution in [0.5, 0.6) is 0 Å². The van der Waals surface area contributed by atoms with Crippen molar-refractivity contribution in [2.45, 2.75) is 37.0 Å². The molecule has 0 aliphatic carbocycles. The second-order valence-electron chi connectivity index (χ2n) is 8.75. The first-order valence-corrected chi connectivity index (χ1v) is 11.9. The molecular formula is C26H31N5O7. The van der Waals surface area contributed by atoms with Crippen LogP contribution in [0.4, 0.5) is 0 Å². The van der Waals surface area contributed by atoms with Gasteiger partial charge in [-0.15, -0.1) is 0 Å². The highest BCUT2D eigenvalue weighted by Gasteiger charge is 2.30. The zero-order valence-corrected chi connectivity index (χ0v) is 20.5. The first kappa shape index (κ1) is 28.3. The molecule has 202 valence electrons. The summed E-state index contributed by atoms with van der Waals surface area (Å²) < 4.78 is 0. The molecule has 3 aromatic rings. The molecule has 38 heavy (non-hydrogen) atoms. The van der Waals surface area contributed by atoms with E-state index >= 15 is 0 Å². The molecule has 0 saturated heterocycles. The van der Waals surface area contributed by atoms with Crippen LogP contribution in [-0.4, -0.2) is 81.4 Å². The van der Waals surface area contributed by atoms with E-state index in [-0.39, 0.29) is 12.8 Å². The summed E-state index contributed by atoms with van der Waals surface area (Å²) in [5, 5.41) is 36.6. The molecule has 0 fully saturated rings. The van der Waals surface area contributed by atoms with Gasteiger partial charge in [-0.25, -0.2) is 4.79 Å². The number of carboxylic acid groups (broad SMARTS) is 1. The van der Waals surface area contributed by atoms with E-state index in [1.54, 1.807) is 36.5 Å². The minimum atomic E-state index is -1.49. The predicted octanol–water partition coefficient (Wildman–Crippen LogP) is -1.20. The standard InChI is InChI=1S/C26H31N5O7/c27-18(13-32)23(34)29-20(11-16-12-28-19-9-5-4-8-17(16)19)24(35)31-22(14-33)25(36)30-21(26(37)38)10-15-6-2-1-3-7-15/h1-9,12,18,20-22,28,32-33H,10-11,13-14,27H2,(H,29,34)(H,30,36)(H,31,35)(H,37,38). The highest BCUT2D eigenvalue weighted by Crippen LogP contribution is 2.19. The number of fused-ring (bicyclic) bond motifs is 1. The van der Waals surface area contributed by atoms with E-state index in [1.165, 1.54) is 0 Å². The Kier molecular flexibility index (Phi) is 9.93. The van der Waals surface area contributed by atoms with E-state index in [1.807, 2.05) is 24.3 Å². The lowest BCUT2D eigenvalue weighted by atomic mass is 10.0. The molecule has 0 aliphatic rings. The smallest absolute Gasteiger partial charge is 0.326 e. The van der Waals surface area contributed by atoms with E-state index in [4.69, 9.17) is 5.73 Å². The summed E-state index contributed by atoms with van der Waals surface area (Å²) in [6, 6.07) is 10.7. The molecule has 3 amide bonds. The van der Waals surface area contributed by atoms with Crippen LogP contribution in [0.25, 0.3) is 10.9 Å². The number of hydrogen-bond acceptors (Lipinski definition) is 7. The summed E-state index contributed by atoms with van der Waals surface area (Å²) in [6.45, 7) is -1.47. The number of carbonyl (C=O) groups is 4. The van der Waals surface area contributed by atoms with Crippen molar-refractivity contribution in [3.05, 3.63) is 71.9 Å². The first-order valence-electron chi connectivity index (χ1n) is 11.9. The number of aliphatic hydroxyl groups excluding tert-OH is 2. The van der Waals surface area contributed by atoms with Gasteiger partial charge in [0.25, 0.3) is 0 Å². The SMILES string of the molecule is NC(CO)C(=O)NC(Cc1c[nH]c2ccccc12)C(=O)NC(CO)C(=O)NC(Cc1ccccc1)C(=O)O. The van der Waals surface area contributed by atoms with Gasteiger partial charge in [0.1, 0.15) is 24.2 Å². The number of aromatic amines is 1. The molecule has 0 radical (unpaired) electrons. The molecule has 12 nitrogen and oxygen atoms in total. The second-order valence-corrected chi connectivity index (χ2v) is 8.75. The average Bonchev–Trinajstić information content (AvgIpc) is 3.33. The summed E-state index contributed by atoms with van der Waals surface area (Å²) in [6.07, 6.45) is 1.68. The number of para-hydroxylation sites is 1. The number of benzene rings is 2. The van der Waals surface area contributed by atoms with Crippen molar-refractivity contribution in [3.63, 3.8) is 0 Å². The lowest BCUT2D eigenvalue weighted by Crippen LogP contribution is -2.59. The van der Waals surface area contributed by atoms with Crippen LogP contribution >= 0.6 is 0 Å². The molecule has 1 aromatic heterocycles. The fraction of sp³-hybridized carbons (Fsp3) is 0.308. The van der Waals surface area contributed by atoms with Gasteiger partial charge in [0.05, 0.1) is 13.2 Å². The fourth-order valence-electron chi connectivity index (χ4n) is 3.88. The predicted molar refractivity (Wildman–Crippen MR) is 138 cm³/mol. The van der Waals surface area contributed by atoms with E-state index in [0.717, 1.165) is 10.9 Å². The molecule has 0 aliphatic heterocycles. The number of aliphatic carboxylic acids is 1. The van der Waals surface area contributed by atoms with Gasteiger partial charge in [-0.05, 0) is 17.2 Å². The molecule has 4 unspecified atom stereocenters. The highest BCUT2D eigenvalue weighted by molar-refractivity contribution is 5.95. The minimum absolute atomic E-state index is 0.00522. The van der Waals surface area contributed by atoms with Crippen molar-refractivity contribution in [2.75, 3.05) is 13.2 Å². The number of carboxylic acids is 1. The van der Waals surface area contributed by atoms with Gasteiger partial charge in [-0.3, -0.25) is 14.4 Å². The maximum Gasteiger partial charge on any atom is 0.326 e. The third kappa shape index (κ3) is 7.38. The monoisotopic (exact) mass is 525 g/mol. The molecule has 0 spiro atoms. The third-order valence-corrected chi connectivity index (χ3v) is 5.98. The summed E-state index contributed by atoms with van der Waals surface area (Å²) in [5.41, 5.74) is 7.77. The summed E-state index contributed by atoms with van der Waals surface area (Å²) in [7, 11) is 0. The number of carbonyl (C=O) groups excluding carboxylic acids is 3. The number of aliphatic hydroxyl groups is 2. The third-order valence-electron chi connectivity index (χ3n) is 5.98. The van der Waals surface area contributed by atoms with Gasteiger partial charge >= 0.3 is 5.97 Å². The molecule has 12 heteroatoms. The van der Waals surface area contributed by atoms with Crippen LogP contribution in [0, 0.1) is 0 Å². The van der Waals surface area contributed by atoms with Crippen LogP contribution in [0.1, 0.15) is 11.1 Å². The molecular weight excluding hydrogens is 494 g/mol. The van der Waals surface area contributed by atoms with E-state index in [9.17, 15) is 34.5 Å². The summed E-state index contributed by atoms with van der Waals surface area (Å²) in [4.78, 5) is 53.2. The van der Waals surface area contributed by atoms with Crippen molar-refractivity contribution in [1.82, 2.24) is 20.9 Å². The molecule has 0 saturated carbocycles. The van der Waals surface area contributed by atoms with Crippen LogP contribution in [0.3, 0.4) is 0 Å². The zero-order valence-electron chi connectivity index (χ0n) is 20.5. The van der Waals surface area contributed by atoms with Crippen LogP contribution < -0.4 is 21.7 Å². The number of hydrogen-bond donors (Lipinski definition) is 8. The number of nitrogens with one attached hydrogen (secondary N) is 4. The van der Waals surface area contributed by atoms with E-state index in [2.05, 4.69) is 20.9 Å². The number of rotatable bonds is 13. The Morgan fingerprint density at radius 1 is 0.763 bits per heavy atom. The molecule has 9 N–H and O–H groups in total. The quantitative estimate of drug-likeness (QED) is 0.136. The van der Waals surface area contributed by atoms with Gasteiger partial charge in [0.15, 0.2) is 0 Å². The average molecular weight is 526 g/mol. The van der Waals surface area contributed by atoms with Crippen LogP contribution in [0.2, 0.25) is 0 Å². The molecule has 1 heterocycles. The number of aromatic nitrogens is 1. The Bertz CT molecular complexity index is 1260. The zero-order chi connectivity index (χ0) is 27.7. The Balaban J connectivity index is 1.75. The van der Waals surface area contributed by atoms with Crippen molar-refractivity contribution >= 4 is 34.6 Å². The maximum absolute atomic E-state index is 13.2. The Morgan fingerprint density at radius 2 is 1.37 bits per heavy atom. The maximum atomic E-state index is 13.2. The van der Waals surface area contributed by atoms with Gasteiger partial charge in [-0.2, -0.15) is 0 Å². The van der Waals surface area contributed by atoms with Gasteiger partial charge in [0.2, 0.25) is 17.7 Å². The second kappa shape index (κ2) is 13.3. The Labute approximate surface area is 218 Å². The number of amides is 3. The lowest BCUT2D eigenvalue weighted by Gasteiger charge is -2.24. The Hall–Kier alpha value is -4.26. The number of nitrogens with two attached hydrogens (primary N) is 1. The highest BCUT2D eigenvalue weighted by atomic mass is 16.4. The fourth-order valence-corrected chi connectivity index (χ4v) is 3.88. The first-order chi connectivity index (χ1) is 18.2. The van der Waals surface area contributed by atoms with E-state index < -0.39 is 61.1 Å². The summed E-state index contributed by atoms with van der Waals surface area (Å²) in [5.74, 6) is -3.79. The topological polar surface area (TPSA) is 207 Å². The lowest BCUT2D eigenvalue weighted by molar-refractivity contribution is -0.142. The van der Waals surface area contributed by atoms with Crippen molar-refractivity contribution in [1.29, 1.82) is 0 Å². The normalized spacial score (nSPS) is 14.2. The van der Waals surface area contributed by atoms with Crippen LogP contribution in [-0.2, 0) is 32.0 Å². The summed E-state index contributed by atoms with van der Waals surface area (Å²) >= 11 is 0. The minimum Gasteiger partial charge on any atom is -0.480 e. The molecule has 0 bridgehead atoms. The Morgan fingerprint density at radius 3 is 2.03 bits per heavy atom. The van der Waals surface area contributed by atoms with Gasteiger partial charge in [-0.1, -0.05) is 48.5 Å². The van der Waals surface area contributed by atoms with Gasteiger partial charge < -0.3 is 42.0 Å². The van der Waals surface area contributed by atoms with Gasteiger partial charge in [0, 0.05) is 29.9 Å². The number of H-pyrrole nitrogens is 1. The van der Waals surface area contributed by atoms with E-state index in [0.29, 0.717) is 11.1 Å². The largest absolute Gasteiger partial charge is 0.480 e. The van der Waals surface area contributed by atoms with Crippen molar-refractivity contribution < 1.29 is 34.5 Å². The molecule has 2 aromatic carbocycles. The van der Waals surface area contributed by atoms with Crippen molar-refractivity contribution in [3.8, 4) is 0 Å². The van der Waals surface area contributed by atoms with Crippen LogP contribution in [0.15, 0.2) is 60.8 Å². The molecule has 3 rings (SSSR count). The molecule has 4 atom stereocenters.